The number of hydrogen-bond donors (Lipinski definition) is 0. The third-order valence-electron chi connectivity index (χ3n) is 3.82. The lowest BCUT2D eigenvalue weighted by atomic mass is 10.2. The minimum absolute atomic E-state index is 0.524. The molecule has 0 aromatic heterocycles. The second-order valence-corrected chi connectivity index (χ2v) is 8.28. The monoisotopic (exact) mass is 318 g/mol. The van der Waals surface area contributed by atoms with Gasteiger partial charge in [0.25, 0.3) is 0 Å². The van der Waals surface area contributed by atoms with E-state index in [1.54, 1.807) is 0 Å². The molecule has 0 N–H and O–H groups in total. The van der Waals surface area contributed by atoms with Gasteiger partial charge in [-0.05, 0) is 5.56 Å². The molecule has 0 unspecified atom stereocenters. The van der Waals surface area contributed by atoms with Crippen LogP contribution in [0.3, 0.4) is 0 Å². The van der Waals surface area contributed by atoms with Crippen molar-refractivity contribution in [2.24, 2.45) is 0 Å². The van der Waals surface area contributed by atoms with Gasteiger partial charge in [0.2, 0.25) is 0 Å². The van der Waals surface area contributed by atoms with Crippen LogP contribution in [0.25, 0.3) is 6.08 Å². The molecule has 3 aromatic rings. The lowest BCUT2D eigenvalue weighted by Gasteiger charge is -2.17. The molecule has 0 aliphatic rings. The van der Waals surface area contributed by atoms with E-state index in [1.165, 1.54) is 0 Å². The zero-order valence-electron chi connectivity index (χ0n) is 12.9. The lowest BCUT2D eigenvalue weighted by molar-refractivity contribution is 0.589. The molecule has 0 saturated carbocycles. The van der Waals surface area contributed by atoms with Crippen LogP contribution in [0.1, 0.15) is 5.56 Å². The van der Waals surface area contributed by atoms with Gasteiger partial charge in [-0.3, -0.25) is 0 Å². The molecular formula is C21H19OP. The predicted octanol–water partition coefficient (Wildman–Crippen LogP) is 4.71. The minimum atomic E-state index is -2.65. The first-order valence-electron chi connectivity index (χ1n) is 7.71. The summed E-state index contributed by atoms with van der Waals surface area (Å²) in [6, 6.07) is 29.7. The van der Waals surface area contributed by atoms with E-state index in [1.807, 2.05) is 103 Å². The van der Waals surface area contributed by atoms with Gasteiger partial charge >= 0.3 is 0 Å². The standard InChI is InChI=1S/C21H19OP/c22-23(20-14-6-2-7-15-20,21-16-8-3-9-17-21)18-10-13-19-11-4-1-5-12-19/h1-17H,18H2/b13-10+. The molecule has 0 heterocycles. The van der Waals surface area contributed by atoms with E-state index in [0.29, 0.717) is 6.16 Å². The highest BCUT2D eigenvalue weighted by atomic mass is 31.2. The van der Waals surface area contributed by atoms with E-state index in [-0.39, 0.29) is 0 Å². The molecule has 0 fully saturated rings. The maximum Gasteiger partial charge on any atom is 0.146 e. The third-order valence-corrected chi connectivity index (χ3v) is 6.81. The van der Waals surface area contributed by atoms with Crippen LogP contribution in [0, 0.1) is 0 Å². The summed E-state index contributed by atoms with van der Waals surface area (Å²) in [5.74, 6) is 0. The highest BCUT2D eigenvalue weighted by molar-refractivity contribution is 7.78. The summed E-state index contributed by atoms with van der Waals surface area (Å²) >= 11 is 0. The normalized spacial score (nSPS) is 11.7. The Morgan fingerprint density at radius 1 is 0.652 bits per heavy atom. The fourth-order valence-electron chi connectivity index (χ4n) is 2.60. The molecule has 0 amide bonds. The van der Waals surface area contributed by atoms with Crippen molar-refractivity contribution in [2.75, 3.05) is 6.16 Å². The third kappa shape index (κ3) is 3.70. The molecule has 3 aromatic carbocycles. The molecule has 3 rings (SSSR count). The summed E-state index contributed by atoms with van der Waals surface area (Å²) in [6.07, 6.45) is 4.59. The average Bonchev–Trinajstić information content (AvgIpc) is 2.64. The van der Waals surface area contributed by atoms with Crippen LogP contribution in [-0.4, -0.2) is 6.16 Å². The van der Waals surface area contributed by atoms with Crippen molar-refractivity contribution in [3.63, 3.8) is 0 Å². The fourth-order valence-corrected chi connectivity index (χ4v) is 5.03. The summed E-state index contributed by atoms with van der Waals surface area (Å²) in [7, 11) is -2.65. The van der Waals surface area contributed by atoms with E-state index in [0.717, 1.165) is 16.2 Å². The van der Waals surface area contributed by atoms with Crippen LogP contribution in [0.5, 0.6) is 0 Å². The maximum absolute atomic E-state index is 13.8. The van der Waals surface area contributed by atoms with Crippen LogP contribution < -0.4 is 10.6 Å². The van der Waals surface area contributed by atoms with Crippen molar-refractivity contribution >= 4 is 23.8 Å². The molecular weight excluding hydrogens is 299 g/mol. The van der Waals surface area contributed by atoms with Crippen LogP contribution in [0.4, 0.5) is 0 Å². The second-order valence-electron chi connectivity index (χ2n) is 5.41. The molecule has 2 heteroatoms. The Hall–Kier alpha value is -2.37. The SMILES string of the molecule is O=P(C/C=C/c1ccccc1)(c1ccccc1)c1ccccc1. The quantitative estimate of drug-likeness (QED) is 0.622. The molecule has 0 bridgehead atoms. The minimum Gasteiger partial charge on any atom is -0.313 e. The second kappa shape index (κ2) is 7.26. The Morgan fingerprint density at radius 2 is 1.09 bits per heavy atom. The molecule has 0 spiro atoms. The first kappa shape index (κ1) is 15.5. The number of benzene rings is 3. The first-order valence-corrected chi connectivity index (χ1v) is 9.60. The van der Waals surface area contributed by atoms with Gasteiger partial charge in [0.1, 0.15) is 7.14 Å². The molecule has 0 aliphatic heterocycles. The molecule has 0 atom stereocenters. The Bertz CT molecular complexity index is 765. The van der Waals surface area contributed by atoms with Crippen molar-refractivity contribution in [3.8, 4) is 0 Å². The highest BCUT2D eigenvalue weighted by Crippen LogP contribution is 2.43. The molecule has 0 aliphatic carbocycles. The van der Waals surface area contributed by atoms with Gasteiger partial charge in [-0.15, -0.1) is 0 Å². The van der Waals surface area contributed by atoms with E-state index < -0.39 is 7.14 Å². The predicted molar refractivity (Wildman–Crippen MR) is 100 cm³/mol. The van der Waals surface area contributed by atoms with Gasteiger partial charge in [0.05, 0.1) is 0 Å². The van der Waals surface area contributed by atoms with E-state index in [2.05, 4.69) is 0 Å². The topological polar surface area (TPSA) is 17.1 Å². The van der Waals surface area contributed by atoms with Crippen LogP contribution in [0.2, 0.25) is 0 Å². The zero-order valence-corrected chi connectivity index (χ0v) is 13.8. The Morgan fingerprint density at radius 3 is 1.57 bits per heavy atom. The van der Waals surface area contributed by atoms with Crippen LogP contribution >= 0.6 is 7.14 Å². The van der Waals surface area contributed by atoms with Gasteiger partial charge in [-0.2, -0.15) is 0 Å². The summed E-state index contributed by atoms with van der Waals surface area (Å²) < 4.78 is 13.8. The van der Waals surface area contributed by atoms with Crippen LogP contribution in [0.15, 0.2) is 97.1 Å². The zero-order chi connectivity index (χ0) is 16.0. The molecule has 114 valence electrons. The molecule has 23 heavy (non-hydrogen) atoms. The number of allylic oxidation sites excluding steroid dienone is 1. The van der Waals surface area contributed by atoms with Crippen LogP contribution in [-0.2, 0) is 4.57 Å². The van der Waals surface area contributed by atoms with Crippen molar-refractivity contribution in [1.29, 1.82) is 0 Å². The van der Waals surface area contributed by atoms with E-state index in [4.69, 9.17) is 0 Å². The van der Waals surface area contributed by atoms with Crippen molar-refractivity contribution in [3.05, 3.63) is 103 Å². The lowest BCUT2D eigenvalue weighted by Crippen LogP contribution is -2.17. The number of hydrogen-bond acceptors (Lipinski definition) is 1. The van der Waals surface area contributed by atoms with Gasteiger partial charge in [0.15, 0.2) is 0 Å². The van der Waals surface area contributed by atoms with Crippen molar-refractivity contribution in [1.82, 2.24) is 0 Å². The van der Waals surface area contributed by atoms with E-state index >= 15 is 0 Å². The Kier molecular flexibility index (Phi) is 4.90. The summed E-state index contributed by atoms with van der Waals surface area (Å²) in [5.41, 5.74) is 1.13. The Labute approximate surface area is 137 Å². The highest BCUT2D eigenvalue weighted by Gasteiger charge is 2.25. The van der Waals surface area contributed by atoms with Crippen molar-refractivity contribution < 1.29 is 4.57 Å². The summed E-state index contributed by atoms with van der Waals surface area (Å²) in [5, 5.41) is 1.81. The maximum atomic E-state index is 13.8. The Balaban J connectivity index is 1.94. The van der Waals surface area contributed by atoms with Gasteiger partial charge < -0.3 is 4.57 Å². The smallest absolute Gasteiger partial charge is 0.146 e. The first-order chi connectivity index (χ1) is 11.3. The fraction of sp³-hybridized carbons (Fsp3) is 0.0476. The molecule has 0 radical (unpaired) electrons. The van der Waals surface area contributed by atoms with Gasteiger partial charge in [0, 0.05) is 16.8 Å². The molecule has 0 saturated heterocycles. The van der Waals surface area contributed by atoms with Gasteiger partial charge in [-0.25, -0.2) is 0 Å². The summed E-state index contributed by atoms with van der Waals surface area (Å²) in [4.78, 5) is 0. The summed E-state index contributed by atoms with van der Waals surface area (Å²) in [6.45, 7) is 0. The van der Waals surface area contributed by atoms with Gasteiger partial charge in [-0.1, -0.05) is 103 Å². The van der Waals surface area contributed by atoms with Crippen molar-refractivity contribution in [2.45, 2.75) is 0 Å². The largest absolute Gasteiger partial charge is 0.313 e. The average molecular weight is 318 g/mol. The van der Waals surface area contributed by atoms with E-state index in [9.17, 15) is 4.57 Å². The number of rotatable bonds is 5. The molecule has 1 nitrogen and oxygen atoms in total.